The summed E-state index contributed by atoms with van der Waals surface area (Å²) < 4.78 is 19.2. The van der Waals surface area contributed by atoms with Crippen LogP contribution in [0.2, 0.25) is 0 Å². The van der Waals surface area contributed by atoms with Gasteiger partial charge in [0.15, 0.2) is 18.9 Å². The van der Waals surface area contributed by atoms with Crippen LogP contribution in [0.3, 0.4) is 0 Å². The van der Waals surface area contributed by atoms with Crippen molar-refractivity contribution in [1.82, 2.24) is 9.47 Å². The van der Waals surface area contributed by atoms with Crippen LogP contribution in [0.4, 0.5) is 10.1 Å². The van der Waals surface area contributed by atoms with Crippen LogP contribution >= 0.6 is 0 Å². The molecule has 1 saturated heterocycles. The van der Waals surface area contributed by atoms with E-state index in [2.05, 4.69) is 36.4 Å². The van der Waals surface area contributed by atoms with Gasteiger partial charge in [-0.2, -0.15) is 0 Å². The van der Waals surface area contributed by atoms with Crippen LogP contribution in [0.25, 0.3) is 22.0 Å². The molecular weight excluding hydrogens is 571 g/mol. The number of rotatable bonds is 7. The first-order valence-corrected chi connectivity index (χ1v) is 15.1. The van der Waals surface area contributed by atoms with E-state index in [1.54, 1.807) is 15.5 Å². The first-order valence-electron chi connectivity index (χ1n) is 15.1. The van der Waals surface area contributed by atoms with Crippen molar-refractivity contribution in [2.45, 2.75) is 25.4 Å². The molecule has 0 unspecified atom stereocenters. The summed E-state index contributed by atoms with van der Waals surface area (Å²) in [4.78, 5) is 41.4. The predicted molar refractivity (Wildman–Crippen MR) is 169 cm³/mol. The second-order valence-corrected chi connectivity index (χ2v) is 11.7. The van der Waals surface area contributed by atoms with Crippen molar-refractivity contribution in [3.05, 3.63) is 130 Å². The molecule has 9 heteroatoms. The van der Waals surface area contributed by atoms with Crippen molar-refractivity contribution < 1.29 is 23.7 Å². The van der Waals surface area contributed by atoms with E-state index >= 15 is 4.39 Å². The summed E-state index contributed by atoms with van der Waals surface area (Å²) in [7, 11) is 0. The Kier molecular flexibility index (Phi) is 7.37. The van der Waals surface area contributed by atoms with Crippen LogP contribution in [0, 0.1) is 5.82 Å². The lowest BCUT2D eigenvalue weighted by Gasteiger charge is -2.36. The number of hydrogen-bond donors (Lipinski definition) is 1. The zero-order chi connectivity index (χ0) is 31.1. The van der Waals surface area contributed by atoms with E-state index in [0.717, 1.165) is 24.5 Å². The van der Waals surface area contributed by atoms with Gasteiger partial charge in [0.05, 0.1) is 16.8 Å². The molecule has 226 valence electrons. The van der Waals surface area contributed by atoms with Crippen LogP contribution in [-0.2, 0) is 6.54 Å². The van der Waals surface area contributed by atoms with Gasteiger partial charge in [-0.1, -0.05) is 54.6 Å². The lowest BCUT2D eigenvalue weighted by atomic mass is 10.0. The highest BCUT2D eigenvalue weighted by molar-refractivity contribution is 5.95. The van der Waals surface area contributed by atoms with E-state index in [4.69, 9.17) is 0 Å². The molecule has 1 N–H and O–H groups in total. The molecule has 3 aromatic carbocycles. The smallest absolute Gasteiger partial charge is 0.341 e. The fraction of sp³-hybridized carbons (Fsp3) is 0.222. The molecule has 0 radical (unpaired) electrons. The number of pyridine rings is 2. The zero-order valence-electron chi connectivity index (χ0n) is 24.6. The Morgan fingerprint density at radius 1 is 0.867 bits per heavy atom. The van der Waals surface area contributed by atoms with E-state index < -0.39 is 17.2 Å². The molecule has 5 aromatic rings. The second-order valence-electron chi connectivity index (χ2n) is 11.7. The zero-order valence-corrected chi connectivity index (χ0v) is 24.6. The largest absolute Gasteiger partial charge is 0.477 e. The number of carbonyl (C=O) groups excluding carboxylic acids is 1. The first kappa shape index (κ1) is 28.5. The van der Waals surface area contributed by atoms with Crippen LogP contribution in [0.5, 0.6) is 0 Å². The molecule has 8 nitrogen and oxygen atoms in total. The lowest BCUT2D eigenvalue weighted by Crippen LogP contribution is -2.49. The number of carboxylic acid groups (broad SMARTS) is 1. The summed E-state index contributed by atoms with van der Waals surface area (Å²) in [5, 5.41) is 9.57. The maximum Gasteiger partial charge on any atom is 0.341 e. The van der Waals surface area contributed by atoms with Crippen LogP contribution < -0.4 is 14.9 Å². The normalized spacial score (nSPS) is 15.0. The summed E-state index contributed by atoms with van der Waals surface area (Å²) in [5.74, 6) is -1.97. The number of piperazine rings is 1. The quantitative estimate of drug-likeness (QED) is 0.261. The van der Waals surface area contributed by atoms with Gasteiger partial charge in [-0.15, -0.1) is 0 Å². The Hall–Kier alpha value is -5.31. The number of fused-ring (bicyclic) bond motifs is 1. The van der Waals surface area contributed by atoms with E-state index in [-0.39, 0.29) is 22.9 Å². The Labute approximate surface area is 259 Å². The number of nitrogens with zero attached hydrogens (tertiary/aromatic N) is 4. The third kappa shape index (κ3) is 5.69. The number of carboxylic acids is 1. The molecule has 2 aromatic heterocycles. The van der Waals surface area contributed by atoms with Crippen LogP contribution in [0.1, 0.15) is 45.2 Å². The molecule has 0 spiro atoms. The number of amides is 1. The summed E-state index contributed by atoms with van der Waals surface area (Å²) in [5.41, 5.74) is 3.96. The third-order valence-corrected chi connectivity index (χ3v) is 8.74. The Morgan fingerprint density at radius 3 is 2.18 bits per heavy atom. The monoisotopic (exact) mass is 603 g/mol. The molecule has 2 aliphatic rings. The van der Waals surface area contributed by atoms with Gasteiger partial charge < -0.3 is 19.5 Å². The average molecular weight is 604 g/mol. The number of anilines is 1. The van der Waals surface area contributed by atoms with Gasteiger partial charge in [0, 0.05) is 61.5 Å². The number of aromatic carboxylic acids is 1. The van der Waals surface area contributed by atoms with Gasteiger partial charge in [-0.05, 0) is 36.1 Å². The minimum atomic E-state index is -1.32. The maximum absolute atomic E-state index is 15.4. The van der Waals surface area contributed by atoms with Crippen molar-refractivity contribution in [2.24, 2.45) is 0 Å². The molecule has 7 rings (SSSR count). The summed E-state index contributed by atoms with van der Waals surface area (Å²) in [6, 6.07) is 25.3. The number of halogens is 1. The molecule has 0 bridgehead atoms. The van der Waals surface area contributed by atoms with Crippen molar-refractivity contribution in [3.8, 4) is 11.1 Å². The average Bonchev–Trinajstić information content (AvgIpc) is 3.91. The van der Waals surface area contributed by atoms with E-state index in [9.17, 15) is 19.5 Å². The minimum Gasteiger partial charge on any atom is -0.477 e. The van der Waals surface area contributed by atoms with Gasteiger partial charge in [0.2, 0.25) is 5.43 Å². The second kappa shape index (κ2) is 11.6. The van der Waals surface area contributed by atoms with E-state index in [1.165, 1.54) is 17.3 Å². The summed E-state index contributed by atoms with van der Waals surface area (Å²) in [6.07, 6.45) is 6.97. The number of carbonyl (C=O) groups is 2. The third-order valence-electron chi connectivity index (χ3n) is 8.74. The van der Waals surface area contributed by atoms with Gasteiger partial charge in [-0.25, -0.2) is 13.8 Å². The van der Waals surface area contributed by atoms with Crippen molar-refractivity contribution in [3.63, 3.8) is 0 Å². The fourth-order valence-corrected chi connectivity index (χ4v) is 6.09. The van der Waals surface area contributed by atoms with E-state index in [1.807, 2.05) is 52.2 Å². The van der Waals surface area contributed by atoms with Gasteiger partial charge in [0.1, 0.15) is 11.4 Å². The predicted octanol–water partition coefficient (Wildman–Crippen LogP) is 5.14. The van der Waals surface area contributed by atoms with Gasteiger partial charge >= 0.3 is 5.97 Å². The van der Waals surface area contributed by atoms with Gasteiger partial charge in [-0.3, -0.25) is 9.59 Å². The molecule has 3 heterocycles. The summed E-state index contributed by atoms with van der Waals surface area (Å²) >= 11 is 0. The first-order chi connectivity index (χ1) is 21.9. The molecule has 0 atom stereocenters. The Bertz CT molecular complexity index is 1960. The molecule has 1 aliphatic carbocycles. The number of hydrogen-bond acceptors (Lipinski definition) is 4. The lowest BCUT2D eigenvalue weighted by molar-refractivity contribution is -0.688. The molecule has 2 fully saturated rings. The molecule has 1 aliphatic heterocycles. The van der Waals surface area contributed by atoms with Gasteiger partial charge in [0.25, 0.3) is 5.91 Å². The number of benzene rings is 3. The standard InChI is InChI=1S/C36H31FN4O4/c37-31-20-29-32(41(28-10-11-28)23-30(34(29)42)36(44)45)21-33(31)39-16-18-40(19-17-39)35(43)27-12-14-38(15-13-27)22-24-6-8-26(9-7-24)25-4-2-1-3-5-25/h1-9,12-15,20-21,23,28H,10-11,16-19,22H2/p+1. The highest BCUT2D eigenvalue weighted by atomic mass is 19.1. The molecule has 45 heavy (non-hydrogen) atoms. The van der Waals surface area contributed by atoms with Crippen LogP contribution in [-0.4, -0.2) is 52.6 Å². The Morgan fingerprint density at radius 2 is 1.53 bits per heavy atom. The van der Waals surface area contributed by atoms with Crippen LogP contribution in [0.15, 0.2) is 102 Å². The SMILES string of the molecule is O=C(O)c1cn(C2CC2)c2cc(N3CCN(C(=O)c4cc[n+](Cc5ccc(-c6ccccc6)cc5)cc4)CC3)c(F)cc2c1=O. The number of aromatic nitrogens is 2. The molecular formula is C36H32FN4O4+. The maximum atomic E-state index is 15.4. The highest BCUT2D eigenvalue weighted by Gasteiger charge is 2.29. The molecule has 1 amide bonds. The minimum absolute atomic E-state index is 0.0716. The van der Waals surface area contributed by atoms with Crippen molar-refractivity contribution >= 4 is 28.5 Å². The molecule has 1 saturated carbocycles. The highest BCUT2D eigenvalue weighted by Crippen LogP contribution is 2.38. The summed E-state index contributed by atoms with van der Waals surface area (Å²) in [6.45, 7) is 2.39. The van der Waals surface area contributed by atoms with Crippen molar-refractivity contribution in [1.29, 1.82) is 0 Å². The Balaban J connectivity index is 1.01. The van der Waals surface area contributed by atoms with E-state index in [0.29, 0.717) is 49.5 Å². The van der Waals surface area contributed by atoms with Crippen molar-refractivity contribution in [2.75, 3.05) is 31.1 Å². The topological polar surface area (TPSA) is 86.7 Å². The fourth-order valence-electron chi connectivity index (χ4n) is 6.09.